The number of rotatable bonds is 9. The molecule has 0 unspecified atom stereocenters. The van der Waals surface area contributed by atoms with E-state index in [1.54, 1.807) is 0 Å². The third kappa shape index (κ3) is 8.57. The minimum absolute atomic E-state index is 0.0175. The molecule has 3 nitrogen and oxygen atoms in total. The summed E-state index contributed by atoms with van der Waals surface area (Å²) in [4.78, 5) is 14.5. The number of benzene rings is 1. The Morgan fingerprint density at radius 3 is 2.36 bits per heavy atom. The van der Waals surface area contributed by atoms with E-state index in [9.17, 15) is 4.79 Å². The Morgan fingerprint density at radius 1 is 1.20 bits per heavy atom. The predicted molar refractivity (Wildman–Crippen MR) is 109 cm³/mol. The molecule has 0 saturated heterocycles. The van der Waals surface area contributed by atoms with Gasteiger partial charge in [-0.1, -0.05) is 47.0 Å². The van der Waals surface area contributed by atoms with Crippen molar-refractivity contribution >= 4 is 22.0 Å². The van der Waals surface area contributed by atoms with Crippen LogP contribution in [-0.2, 0) is 4.74 Å². The summed E-state index contributed by atoms with van der Waals surface area (Å²) in [5.41, 5.74) is 0.624. The molecule has 0 fully saturated rings. The fourth-order valence-corrected chi connectivity index (χ4v) is 2.87. The zero-order valence-electron chi connectivity index (χ0n) is 16.1. The van der Waals surface area contributed by atoms with Crippen molar-refractivity contribution in [1.29, 1.82) is 0 Å². The van der Waals surface area contributed by atoms with Crippen LogP contribution in [0.4, 0.5) is 4.79 Å². The molecule has 1 amide bonds. The minimum atomic E-state index is -0.487. The summed E-state index contributed by atoms with van der Waals surface area (Å²) in [6.45, 7) is 12.2. The molecule has 140 valence electrons. The van der Waals surface area contributed by atoms with Crippen LogP contribution in [0.15, 0.2) is 41.4 Å². The lowest BCUT2D eigenvalue weighted by molar-refractivity contribution is 0.0169. The molecule has 0 aliphatic carbocycles. The van der Waals surface area contributed by atoms with Crippen LogP contribution in [0.3, 0.4) is 0 Å². The summed E-state index contributed by atoms with van der Waals surface area (Å²) >= 11 is 3.46. The number of amides is 1. The summed E-state index contributed by atoms with van der Waals surface area (Å²) in [5, 5.41) is 0. The Balaban J connectivity index is 2.74. The quantitative estimate of drug-likeness (QED) is 0.328. The van der Waals surface area contributed by atoms with Gasteiger partial charge in [0.1, 0.15) is 5.60 Å². The van der Waals surface area contributed by atoms with Gasteiger partial charge in [0.2, 0.25) is 0 Å². The highest BCUT2D eigenvalue weighted by molar-refractivity contribution is 9.10. The van der Waals surface area contributed by atoms with Crippen molar-refractivity contribution in [2.24, 2.45) is 0 Å². The first kappa shape index (κ1) is 21.8. The predicted octanol–water partition coefficient (Wildman–Crippen LogP) is 6.88. The molecule has 0 bridgehead atoms. The smallest absolute Gasteiger partial charge is 0.410 e. The van der Waals surface area contributed by atoms with Gasteiger partial charge in [-0.05, 0) is 64.7 Å². The molecule has 1 rings (SSSR count). The monoisotopic (exact) mass is 409 g/mol. The van der Waals surface area contributed by atoms with Crippen molar-refractivity contribution < 1.29 is 9.53 Å². The number of hydrogen-bond donors (Lipinski definition) is 0. The van der Waals surface area contributed by atoms with Crippen molar-refractivity contribution in [3.05, 3.63) is 47.0 Å². The van der Waals surface area contributed by atoms with Crippen LogP contribution < -0.4 is 0 Å². The lowest BCUT2D eigenvalue weighted by atomic mass is 10.1. The number of unbranched alkanes of at least 4 members (excludes halogenated alkanes) is 4. The number of allylic oxidation sites excluding steroid dienone is 1. The second kappa shape index (κ2) is 10.6. The van der Waals surface area contributed by atoms with Gasteiger partial charge < -0.3 is 9.64 Å². The Hall–Kier alpha value is -1.29. The van der Waals surface area contributed by atoms with E-state index in [1.165, 1.54) is 6.42 Å². The van der Waals surface area contributed by atoms with Crippen LogP contribution in [0.2, 0.25) is 0 Å². The molecular formula is C21H32BrNO2. The maximum absolute atomic E-state index is 12.7. The maximum atomic E-state index is 12.7. The normalized spacial score (nSPS) is 12.5. The summed E-state index contributed by atoms with van der Waals surface area (Å²) in [7, 11) is 0. The fraction of sp³-hybridized carbons (Fsp3) is 0.571. The standard InChI is InChI=1S/C21H32BrNO2/c1-6-7-8-9-10-11-16-23(20(24)25-21(3,4)5)17(2)18-12-14-19(22)15-13-18/h6,12-15,17H,1,7-11,16H2,2-5H3/t17-/m1/s1. The van der Waals surface area contributed by atoms with Crippen LogP contribution in [-0.4, -0.2) is 23.1 Å². The van der Waals surface area contributed by atoms with Crippen LogP contribution in [0.1, 0.15) is 71.4 Å². The molecule has 0 saturated carbocycles. The van der Waals surface area contributed by atoms with Crippen LogP contribution in [0.5, 0.6) is 0 Å². The molecule has 0 heterocycles. The van der Waals surface area contributed by atoms with Gasteiger partial charge in [-0.15, -0.1) is 6.58 Å². The third-order valence-electron chi connectivity index (χ3n) is 4.01. The highest BCUT2D eigenvalue weighted by Gasteiger charge is 2.26. The molecule has 0 spiro atoms. The number of halogens is 1. The van der Waals surface area contributed by atoms with Gasteiger partial charge in [-0.25, -0.2) is 4.79 Å². The number of carbonyl (C=O) groups is 1. The molecule has 0 N–H and O–H groups in total. The Morgan fingerprint density at radius 2 is 1.80 bits per heavy atom. The summed E-state index contributed by atoms with van der Waals surface area (Å²) in [6.07, 6.45) is 7.21. The van der Waals surface area contributed by atoms with Gasteiger partial charge in [0.15, 0.2) is 0 Å². The zero-order chi connectivity index (χ0) is 18.9. The van der Waals surface area contributed by atoms with Gasteiger partial charge in [-0.3, -0.25) is 0 Å². The fourth-order valence-electron chi connectivity index (χ4n) is 2.61. The van der Waals surface area contributed by atoms with Gasteiger partial charge >= 0.3 is 6.09 Å². The van der Waals surface area contributed by atoms with Gasteiger partial charge in [0, 0.05) is 11.0 Å². The topological polar surface area (TPSA) is 29.5 Å². The first-order valence-corrected chi connectivity index (χ1v) is 9.90. The maximum Gasteiger partial charge on any atom is 0.410 e. The minimum Gasteiger partial charge on any atom is -0.444 e. The molecular weight excluding hydrogens is 378 g/mol. The molecule has 1 aromatic carbocycles. The van der Waals surface area contributed by atoms with Crippen molar-refractivity contribution in [3.63, 3.8) is 0 Å². The van der Waals surface area contributed by atoms with E-state index < -0.39 is 5.60 Å². The van der Waals surface area contributed by atoms with Crippen LogP contribution in [0.25, 0.3) is 0 Å². The van der Waals surface area contributed by atoms with E-state index in [0.717, 1.165) is 35.7 Å². The van der Waals surface area contributed by atoms with Crippen molar-refractivity contribution in [2.45, 2.75) is 71.4 Å². The second-order valence-electron chi connectivity index (χ2n) is 7.39. The molecule has 1 atom stereocenters. The molecule has 4 heteroatoms. The molecule has 0 aromatic heterocycles. The first-order valence-electron chi connectivity index (χ1n) is 9.10. The Kier molecular flexibility index (Phi) is 9.26. The van der Waals surface area contributed by atoms with E-state index in [4.69, 9.17) is 4.74 Å². The molecule has 0 radical (unpaired) electrons. The molecule has 1 aromatic rings. The van der Waals surface area contributed by atoms with Crippen molar-refractivity contribution in [2.75, 3.05) is 6.54 Å². The summed E-state index contributed by atoms with van der Waals surface area (Å²) in [6, 6.07) is 8.10. The van der Waals surface area contributed by atoms with Gasteiger partial charge in [0.25, 0.3) is 0 Å². The number of carbonyl (C=O) groups excluding carboxylic acids is 1. The SMILES string of the molecule is C=CCCCCCCN(C(=O)OC(C)(C)C)[C@H](C)c1ccc(Br)cc1. The van der Waals surface area contributed by atoms with E-state index in [2.05, 4.69) is 41.6 Å². The van der Waals surface area contributed by atoms with E-state index in [-0.39, 0.29) is 12.1 Å². The van der Waals surface area contributed by atoms with Crippen molar-refractivity contribution in [1.82, 2.24) is 4.90 Å². The summed E-state index contributed by atoms with van der Waals surface area (Å²) < 4.78 is 6.66. The van der Waals surface area contributed by atoms with E-state index >= 15 is 0 Å². The average Bonchev–Trinajstić information content (AvgIpc) is 2.52. The highest BCUT2D eigenvalue weighted by Crippen LogP contribution is 2.25. The number of hydrogen-bond acceptors (Lipinski definition) is 2. The Bertz CT molecular complexity index is 534. The molecule has 25 heavy (non-hydrogen) atoms. The first-order chi connectivity index (χ1) is 11.7. The van der Waals surface area contributed by atoms with Gasteiger partial charge in [-0.2, -0.15) is 0 Å². The lowest BCUT2D eigenvalue weighted by Crippen LogP contribution is -2.39. The Labute approximate surface area is 161 Å². The molecule has 0 aliphatic rings. The second-order valence-corrected chi connectivity index (χ2v) is 8.31. The average molecular weight is 410 g/mol. The lowest BCUT2D eigenvalue weighted by Gasteiger charge is -2.32. The zero-order valence-corrected chi connectivity index (χ0v) is 17.6. The van der Waals surface area contributed by atoms with E-state index in [1.807, 2.05) is 43.9 Å². The molecule has 0 aliphatic heterocycles. The summed E-state index contributed by atoms with van der Waals surface area (Å²) in [5.74, 6) is 0. The highest BCUT2D eigenvalue weighted by atomic mass is 79.9. The van der Waals surface area contributed by atoms with Crippen LogP contribution >= 0.6 is 15.9 Å². The largest absolute Gasteiger partial charge is 0.444 e. The number of ether oxygens (including phenoxy) is 1. The van der Waals surface area contributed by atoms with Gasteiger partial charge in [0.05, 0.1) is 6.04 Å². The number of nitrogens with zero attached hydrogens (tertiary/aromatic N) is 1. The van der Waals surface area contributed by atoms with Crippen molar-refractivity contribution in [3.8, 4) is 0 Å². The van der Waals surface area contributed by atoms with Crippen LogP contribution in [0, 0.1) is 0 Å². The third-order valence-corrected chi connectivity index (χ3v) is 4.53. The van der Waals surface area contributed by atoms with E-state index in [0.29, 0.717) is 6.54 Å².